The Morgan fingerprint density at radius 1 is 0.959 bits per heavy atom. The van der Waals surface area contributed by atoms with Gasteiger partial charge in [0.2, 0.25) is 5.90 Å². The molecule has 49 heavy (non-hydrogen) atoms. The predicted molar refractivity (Wildman–Crippen MR) is 184 cm³/mol. The van der Waals surface area contributed by atoms with Gasteiger partial charge in [-0.05, 0) is 46.5 Å². The maximum atomic E-state index is 14.8. The van der Waals surface area contributed by atoms with E-state index in [-0.39, 0.29) is 37.9 Å². The average molecular weight is 666 g/mol. The van der Waals surface area contributed by atoms with Gasteiger partial charge in [0, 0.05) is 42.1 Å². The molecule has 0 unspecified atom stereocenters. The first-order valence-electron chi connectivity index (χ1n) is 15.8. The Labute approximate surface area is 284 Å². The molecule has 5 rings (SSSR count). The number of aliphatic hydroxyl groups excluding tert-OH is 1. The number of nitrogens with zero attached hydrogens (tertiary/aromatic N) is 4. The number of carbonyl (C=O) groups is 1. The van der Waals surface area contributed by atoms with E-state index in [1.54, 1.807) is 31.4 Å². The van der Waals surface area contributed by atoms with Gasteiger partial charge in [-0.25, -0.2) is 4.99 Å². The van der Waals surface area contributed by atoms with Crippen LogP contribution >= 0.6 is 0 Å². The Bertz CT molecular complexity index is 1780. The minimum atomic E-state index is -1.49. The van der Waals surface area contributed by atoms with Gasteiger partial charge in [-0.3, -0.25) is 4.79 Å². The number of ether oxygens (including phenoxy) is 5. The highest BCUT2D eigenvalue weighted by Crippen LogP contribution is 2.44. The lowest BCUT2D eigenvalue weighted by molar-refractivity contribution is -0.129. The van der Waals surface area contributed by atoms with E-state index in [0.29, 0.717) is 58.3 Å². The minimum absolute atomic E-state index is 0.0366. The second kappa shape index (κ2) is 16.4. The van der Waals surface area contributed by atoms with Crippen LogP contribution in [0.15, 0.2) is 101 Å². The Morgan fingerprint density at radius 2 is 1.65 bits per heavy atom. The second-order valence-electron chi connectivity index (χ2n) is 11.2. The van der Waals surface area contributed by atoms with E-state index in [4.69, 9.17) is 39.3 Å². The molecule has 0 spiro atoms. The number of aliphatic imine (C=N–C) groups is 1. The summed E-state index contributed by atoms with van der Waals surface area (Å²) in [5.41, 5.74) is 11.2. The smallest absolute Gasteiger partial charge is 0.252 e. The van der Waals surface area contributed by atoms with Crippen molar-refractivity contribution in [3.63, 3.8) is 0 Å². The quantitative estimate of drug-likeness (QED) is 0.0634. The fourth-order valence-electron chi connectivity index (χ4n) is 5.78. The van der Waals surface area contributed by atoms with Crippen LogP contribution in [0, 0.1) is 0 Å². The van der Waals surface area contributed by atoms with Gasteiger partial charge in [-0.2, -0.15) is 0 Å². The maximum absolute atomic E-state index is 14.8. The molecule has 1 aliphatic rings. The van der Waals surface area contributed by atoms with Gasteiger partial charge in [-0.1, -0.05) is 59.7 Å². The Morgan fingerprint density at radius 3 is 2.31 bits per heavy atom. The summed E-state index contributed by atoms with van der Waals surface area (Å²) >= 11 is 0. The monoisotopic (exact) mass is 665 g/mol. The van der Waals surface area contributed by atoms with E-state index in [2.05, 4.69) is 15.3 Å². The lowest BCUT2D eigenvalue weighted by atomic mass is 9.80. The summed E-state index contributed by atoms with van der Waals surface area (Å²) in [4.78, 5) is 22.9. The first-order chi connectivity index (χ1) is 24.0. The molecule has 0 bridgehead atoms. The van der Waals surface area contributed by atoms with Crippen molar-refractivity contribution >= 4 is 11.8 Å². The van der Waals surface area contributed by atoms with Crippen molar-refractivity contribution in [3.05, 3.63) is 129 Å². The summed E-state index contributed by atoms with van der Waals surface area (Å²) in [6.45, 7) is 0.533. The molecule has 2 atom stereocenters. The van der Waals surface area contributed by atoms with Crippen molar-refractivity contribution in [2.24, 2.45) is 10.1 Å². The van der Waals surface area contributed by atoms with Crippen LogP contribution in [-0.2, 0) is 29.0 Å². The second-order valence-corrected chi connectivity index (χ2v) is 11.2. The first kappa shape index (κ1) is 34.6. The standard InChI is InChI=1S/C37H39N5O7/c1-45-29-20-32(46-2)31(33(21-29)47-3)24-39-36(44)37(22-25-10-5-4-6-11-25)34(30-13-8-7-12-27(30)23-40-42-38)49-35(41-37)26-14-16-28(17-15-26)48-19-9-18-43/h4-8,10-17,20-21,34,43H,9,18-19,22-24H2,1-3H3,(H,39,44)/t34-,37-/m1/s1. The Hall–Kier alpha value is -5.71. The highest BCUT2D eigenvalue weighted by atomic mass is 16.5. The molecule has 1 heterocycles. The number of rotatable bonds is 16. The van der Waals surface area contributed by atoms with Crippen molar-refractivity contribution in [3.8, 4) is 23.0 Å². The van der Waals surface area contributed by atoms with Crippen LogP contribution in [-0.4, -0.2) is 57.0 Å². The molecule has 0 fully saturated rings. The molecule has 4 aromatic rings. The molecule has 1 amide bonds. The van der Waals surface area contributed by atoms with Gasteiger partial charge in [0.15, 0.2) is 11.6 Å². The number of nitrogens with one attached hydrogen (secondary N) is 1. The van der Waals surface area contributed by atoms with Crippen molar-refractivity contribution in [2.45, 2.75) is 37.6 Å². The van der Waals surface area contributed by atoms with Crippen LogP contribution in [0.2, 0.25) is 0 Å². The number of carbonyl (C=O) groups excluding carboxylic acids is 1. The summed E-state index contributed by atoms with van der Waals surface area (Å²) in [7, 11) is 4.63. The highest BCUT2D eigenvalue weighted by molar-refractivity contribution is 6.01. The summed E-state index contributed by atoms with van der Waals surface area (Å²) in [6.07, 6.45) is -0.184. The first-order valence-corrected chi connectivity index (χ1v) is 15.8. The number of hydrogen-bond donors (Lipinski definition) is 2. The molecule has 0 aromatic heterocycles. The third-order valence-corrected chi connectivity index (χ3v) is 8.23. The molecule has 2 N–H and O–H groups in total. The summed E-state index contributed by atoms with van der Waals surface area (Å²) in [6, 6.07) is 27.7. The topological polar surface area (TPSA) is 157 Å². The van der Waals surface area contributed by atoms with Crippen LogP contribution in [0.25, 0.3) is 10.4 Å². The molecule has 0 saturated carbocycles. The molecule has 12 heteroatoms. The summed E-state index contributed by atoms with van der Waals surface area (Å²) in [5, 5.41) is 16.0. The molecule has 0 aliphatic carbocycles. The van der Waals surface area contributed by atoms with E-state index >= 15 is 0 Å². The van der Waals surface area contributed by atoms with E-state index in [0.717, 1.165) is 5.56 Å². The number of aliphatic hydroxyl groups is 1. The number of amides is 1. The van der Waals surface area contributed by atoms with Gasteiger partial charge < -0.3 is 34.1 Å². The number of methoxy groups -OCH3 is 3. The van der Waals surface area contributed by atoms with Gasteiger partial charge in [0.1, 0.15) is 23.0 Å². The predicted octanol–water partition coefficient (Wildman–Crippen LogP) is 6.10. The SMILES string of the molecule is COc1cc(OC)c(CNC(=O)[C@]2(Cc3ccccc3)N=C(c3ccc(OCCCO)cc3)O[C@@H]2c2ccccc2CN=[N+]=[N-])c(OC)c1. The molecular formula is C37H39N5O7. The van der Waals surface area contributed by atoms with E-state index in [1.807, 2.05) is 66.7 Å². The molecule has 12 nitrogen and oxygen atoms in total. The lowest BCUT2D eigenvalue weighted by Gasteiger charge is -2.32. The van der Waals surface area contributed by atoms with Crippen molar-refractivity contribution in [2.75, 3.05) is 34.5 Å². The Balaban J connectivity index is 1.61. The van der Waals surface area contributed by atoms with Gasteiger partial charge in [0.05, 0.1) is 46.6 Å². The van der Waals surface area contributed by atoms with Crippen molar-refractivity contribution in [1.82, 2.24) is 5.32 Å². The number of hydrogen-bond acceptors (Lipinski definition) is 9. The lowest BCUT2D eigenvalue weighted by Crippen LogP contribution is -2.50. The van der Waals surface area contributed by atoms with E-state index < -0.39 is 11.6 Å². The zero-order valence-corrected chi connectivity index (χ0v) is 27.7. The van der Waals surface area contributed by atoms with Crippen LogP contribution in [0.3, 0.4) is 0 Å². The fraction of sp³-hybridized carbons (Fsp3) is 0.297. The van der Waals surface area contributed by atoms with Crippen LogP contribution in [0.1, 0.15) is 40.3 Å². The zero-order chi connectivity index (χ0) is 34.6. The molecular weight excluding hydrogens is 626 g/mol. The van der Waals surface area contributed by atoms with Gasteiger partial charge >= 0.3 is 0 Å². The summed E-state index contributed by atoms with van der Waals surface area (Å²) < 4.78 is 29.1. The normalized spacial score (nSPS) is 16.5. The zero-order valence-electron chi connectivity index (χ0n) is 27.7. The van der Waals surface area contributed by atoms with Crippen molar-refractivity contribution < 1.29 is 33.6 Å². The maximum Gasteiger partial charge on any atom is 0.252 e. The van der Waals surface area contributed by atoms with E-state index in [9.17, 15) is 4.79 Å². The van der Waals surface area contributed by atoms with Crippen molar-refractivity contribution in [1.29, 1.82) is 0 Å². The van der Waals surface area contributed by atoms with Gasteiger partial charge in [-0.15, -0.1) is 0 Å². The summed E-state index contributed by atoms with van der Waals surface area (Å²) in [5.74, 6) is 2.03. The molecule has 0 radical (unpaired) electrons. The largest absolute Gasteiger partial charge is 0.496 e. The minimum Gasteiger partial charge on any atom is -0.496 e. The number of benzene rings is 4. The third-order valence-electron chi connectivity index (χ3n) is 8.23. The van der Waals surface area contributed by atoms with Crippen LogP contribution < -0.4 is 24.3 Å². The van der Waals surface area contributed by atoms with Crippen LogP contribution in [0.4, 0.5) is 0 Å². The van der Waals surface area contributed by atoms with Crippen LogP contribution in [0.5, 0.6) is 23.0 Å². The van der Waals surface area contributed by atoms with E-state index in [1.165, 1.54) is 14.2 Å². The average Bonchev–Trinajstić information content (AvgIpc) is 3.53. The highest BCUT2D eigenvalue weighted by Gasteiger charge is 2.53. The fourth-order valence-corrected chi connectivity index (χ4v) is 5.78. The molecule has 254 valence electrons. The van der Waals surface area contributed by atoms with Gasteiger partial charge in [0.25, 0.3) is 5.91 Å². The number of azide groups is 1. The molecule has 1 aliphatic heterocycles. The molecule has 4 aromatic carbocycles. The third kappa shape index (κ3) is 7.89. The Kier molecular flexibility index (Phi) is 11.6. The molecule has 0 saturated heterocycles.